The van der Waals surface area contributed by atoms with Crippen LogP contribution < -0.4 is 0 Å². The van der Waals surface area contributed by atoms with Crippen LogP contribution in [-0.2, 0) is 4.74 Å². The van der Waals surface area contributed by atoms with E-state index >= 15 is 0 Å². The Kier molecular flexibility index (Phi) is 3.84. The van der Waals surface area contributed by atoms with E-state index in [4.69, 9.17) is 4.74 Å². The predicted molar refractivity (Wildman–Crippen MR) is 62.2 cm³/mol. The molecule has 0 saturated carbocycles. The largest absolute Gasteiger partial charge is 0.444 e. The number of likely N-dealkylation sites (tertiary alicyclic amines) is 1. The molecule has 0 aromatic heterocycles. The van der Waals surface area contributed by atoms with Gasteiger partial charge in [-0.15, -0.1) is 0 Å². The van der Waals surface area contributed by atoms with Gasteiger partial charge in [-0.05, 0) is 33.1 Å². The quantitative estimate of drug-likeness (QED) is 0.748. The molecule has 0 radical (unpaired) electrons. The van der Waals surface area contributed by atoms with Gasteiger partial charge in [-0.25, -0.2) is 4.79 Å². The molecule has 4 heteroatoms. The predicted octanol–water partition coefficient (Wildman–Crippen LogP) is 2.01. The summed E-state index contributed by atoms with van der Waals surface area (Å²) in [6.07, 6.45) is -0.0839. The number of ether oxygens (including phenoxy) is 1. The number of amides is 1. The molecule has 1 fully saturated rings. The summed E-state index contributed by atoms with van der Waals surface area (Å²) < 4.78 is 5.33. The van der Waals surface area contributed by atoms with E-state index < -0.39 is 11.7 Å². The van der Waals surface area contributed by atoms with Crippen LogP contribution in [0.5, 0.6) is 0 Å². The normalized spacial score (nSPS) is 26.3. The molecule has 0 bridgehead atoms. The first-order chi connectivity index (χ1) is 7.20. The average molecular weight is 229 g/mol. The lowest BCUT2D eigenvalue weighted by atomic mass is 10.0. The van der Waals surface area contributed by atoms with Gasteiger partial charge in [0.15, 0.2) is 0 Å². The number of rotatable bonds is 1. The van der Waals surface area contributed by atoms with Gasteiger partial charge in [-0.2, -0.15) is 0 Å². The van der Waals surface area contributed by atoms with Gasteiger partial charge in [0.05, 0.1) is 12.6 Å². The first-order valence-corrected chi connectivity index (χ1v) is 5.88. The van der Waals surface area contributed by atoms with Crippen molar-refractivity contribution in [3.63, 3.8) is 0 Å². The number of carbonyl (C=O) groups excluding carboxylic acids is 1. The summed E-state index contributed by atoms with van der Waals surface area (Å²) in [6.45, 7) is 10.0. The number of β-amino-alcohol motifs (C(OH)–C–C–N with tert-alkyl or cyclic N) is 1. The van der Waals surface area contributed by atoms with E-state index in [-0.39, 0.29) is 12.1 Å². The van der Waals surface area contributed by atoms with Crippen molar-refractivity contribution in [2.24, 2.45) is 5.92 Å². The van der Waals surface area contributed by atoms with Crippen LogP contribution in [0, 0.1) is 5.92 Å². The van der Waals surface area contributed by atoms with E-state index in [1.807, 2.05) is 20.8 Å². The van der Waals surface area contributed by atoms with Gasteiger partial charge in [0, 0.05) is 6.04 Å². The van der Waals surface area contributed by atoms with Gasteiger partial charge in [0.2, 0.25) is 0 Å². The lowest BCUT2D eigenvalue weighted by molar-refractivity contribution is 0.0175. The highest BCUT2D eigenvalue weighted by atomic mass is 16.6. The zero-order valence-electron chi connectivity index (χ0n) is 10.9. The zero-order chi connectivity index (χ0) is 12.5. The third-order valence-electron chi connectivity index (χ3n) is 2.72. The zero-order valence-corrected chi connectivity index (χ0v) is 10.9. The molecule has 1 rings (SSSR count). The van der Waals surface area contributed by atoms with Crippen LogP contribution >= 0.6 is 0 Å². The van der Waals surface area contributed by atoms with Crippen LogP contribution in [-0.4, -0.2) is 40.4 Å². The second kappa shape index (κ2) is 4.62. The summed E-state index contributed by atoms with van der Waals surface area (Å²) in [4.78, 5) is 13.6. The minimum atomic E-state index is -0.480. The smallest absolute Gasteiger partial charge is 0.410 e. The molecule has 94 valence electrons. The molecule has 1 amide bonds. The molecule has 1 aliphatic rings. The Hall–Kier alpha value is -0.770. The molecule has 0 aliphatic carbocycles. The number of hydrogen-bond acceptors (Lipinski definition) is 3. The van der Waals surface area contributed by atoms with Crippen molar-refractivity contribution in [3.8, 4) is 0 Å². The maximum atomic E-state index is 11.9. The highest BCUT2D eigenvalue weighted by Crippen LogP contribution is 2.26. The molecule has 0 unspecified atom stereocenters. The fourth-order valence-electron chi connectivity index (χ4n) is 2.01. The van der Waals surface area contributed by atoms with Gasteiger partial charge in [0.1, 0.15) is 5.60 Å². The molecule has 0 aromatic carbocycles. The van der Waals surface area contributed by atoms with Crippen molar-refractivity contribution in [3.05, 3.63) is 0 Å². The van der Waals surface area contributed by atoms with Gasteiger partial charge in [-0.3, -0.25) is 0 Å². The monoisotopic (exact) mass is 229 g/mol. The van der Waals surface area contributed by atoms with Crippen molar-refractivity contribution < 1.29 is 14.6 Å². The van der Waals surface area contributed by atoms with E-state index in [0.717, 1.165) is 0 Å². The summed E-state index contributed by atoms with van der Waals surface area (Å²) in [5.41, 5.74) is -0.480. The standard InChI is InChI=1S/C12H23NO3/c1-8(2)10-6-9(14)7-13(10)11(15)16-12(3,4)5/h8-10,14H,6-7H2,1-5H3/t9-,10-/m1/s1. The number of carbonyl (C=O) groups is 1. The van der Waals surface area contributed by atoms with Crippen molar-refractivity contribution in [1.82, 2.24) is 4.90 Å². The summed E-state index contributed by atoms with van der Waals surface area (Å²) in [6, 6.07) is 0.0878. The fraction of sp³-hybridized carbons (Fsp3) is 0.917. The number of nitrogens with zero attached hydrogens (tertiary/aromatic N) is 1. The van der Waals surface area contributed by atoms with Crippen LogP contribution in [0.4, 0.5) is 4.79 Å². The molecule has 16 heavy (non-hydrogen) atoms. The van der Waals surface area contributed by atoms with E-state index in [0.29, 0.717) is 18.9 Å². The molecule has 1 N–H and O–H groups in total. The third kappa shape index (κ3) is 3.37. The highest BCUT2D eigenvalue weighted by molar-refractivity contribution is 5.69. The fourth-order valence-corrected chi connectivity index (χ4v) is 2.01. The van der Waals surface area contributed by atoms with E-state index in [1.165, 1.54) is 0 Å². The number of aliphatic hydroxyl groups is 1. The highest BCUT2D eigenvalue weighted by Gasteiger charge is 2.38. The maximum absolute atomic E-state index is 11.9. The molecule has 1 saturated heterocycles. The lowest BCUT2D eigenvalue weighted by Gasteiger charge is -2.30. The second-order valence-electron chi connectivity index (χ2n) is 5.83. The van der Waals surface area contributed by atoms with E-state index in [9.17, 15) is 9.90 Å². The summed E-state index contributed by atoms with van der Waals surface area (Å²) in [5.74, 6) is 0.338. The van der Waals surface area contributed by atoms with Crippen molar-refractivity contribution >= 4 is 6.09 Å². The molecule has 4 nitrogen and oxygen atoms in total. The summed E-state index contributed by atoms with van der Waals surface area (Å²) >= 11 is 0. The summed E-state index contributed by atoms with van der Waals surface area (Å²) in [5, 5.41) is 9.62. The Bertz CT molecular complexity index is 257. The van der Waals surface area contributed by atoms with E-state index in [2.05, 4.69) is 13.8 Å². The Morgan fingerprint density at radius 1 is 1.44 bits per heavy atom. The molecule has 1 aliphatic heterocycles. The van der Waals surface area contributed by atoms with Crippen molar-refractivity contribution in [2.75, 3.05) is 6.54 Å². The summed E-state index contributed by atoms with van der Waals surface area (Å²) in [7, 11) is 0. The first kappa shape index (κ1) is 13.3. The van der Waals surface area contributed by atoms with Crippen LogP contribution in [0.3, 0.4) is 0 Å². The molecular formula is C12H23NO3. The molecule has 0 aromatic rings. The van der Waals surface area contributed by atoms with Crippen LogP contribution in [0.1, 0.15) is 41.0 Å². The molecule has 2 atom stereocenters. The lowest BCUT2D eigenvalue weighted by Crippen LogP contribution is -2.42. The van der Waals surface area contributed by atoms with Crippen LogP contribution in [0.2, 0.25) is 0 Å². The Balaban J connectivity index is 2.67. The minimum Gasteiger partial charge on any atom is -0.444 e. The van der Waals surface area contributed by atoms with Crippen LogP contribution in [0.15, 0.2) is 0 Å². The van der Waals surface area contributed by atoms with Crippen LogP contribution in [0.25, 0.3) is 0 Å². The average Bonchev–Trinajstić information content (AvgIpc) is 2.44. The Morgan fingerprint density at radius 3 is 2.44 bits per heavy atom. The van der Waals surface area contributed by atoms with Gasteiger partial charge in [-0.1, -0.05) is 13.8 Å². The molecule has 0 spiro atoms. The van der Waals surface area contributed by atoms with Gasteiger partial charge < -0.3 is 14.7 Å². The van der Waals surface area contributed by atoms with Gasteiger partial charge in [0.25, 0.3) is 0 Å². The van der Waals surface area contributed by atoms with E-state index in [1.54, 1.807) is 4.90 Å². The maximum Gasteiger partial charge on any atom is 0.410 e. The Morgan fingerprint density at radius 2 is 2.00 bits per heavy atom. The van der Waals surface area contributed by atoms with Crippen molar-refractivity contribution in [1.29, 1.82) is 0 Å². The molecule has 1 heterocycles. The van der Waals surface area contributed by atoms with Crippen molar-refractivity contribution in [2.45, 2.75) is 58.8 Å². The first-order valence-electron chi connectivity index (χ1n) is 5.88. The number of aliphatic hydroxyl groups excluding tert-OH is 1. The minimum absolute atomic E-state index is 0.0878. The third-order valence-corrected chi connectivity index (χ3v) is 2.72. The SMILES string of the molecule is CC(C)[C@H]1C[C@@H](O)CN1C(=O)OC(C)(C)C. The van der Waals surface area contributed by atoms with Gasteiger partial charge >= 0.3 is 6.09 Å². The molecular weight excluding hydrogens is 206 g/mol. The number of hydrogen-bond donors (Lipinski definition) is 1. The Labute approximate surface area is 97.6 Å². The topological polar surface area (TPSA) is 49.8 Å². The second-order valence-corrected chi connectivity index (χ2v) is 5.83.